The molecule has 5 nitrogen and oxygen atoms in total. The van der Waals surface area contributed by atoms with Gasteiger partial charge in [0.2, 0.25) is 0 Å². The van der Waals surface area contributed by atoms with Crippen molar-refractivity contribution in [1.82, 2.24) is 0 Å². The Hall–Kier alpha value is -2.69. The van der Waals surface area contributed by atoms with Crippen LogP contribution in [0.25, 0.3) is 0 Å². The number of hydrogen-bond donors (Lipinski definition) is 0. The molecule has 0 amide bonds. The van der Waals surface area contributed by atoms with Gasteiger partial charge in [0.1, 0.15) is 28.6 Å². The lowest BCUT2D eigenvalue weighted by atomic mass is 9.87. The maximum atomic E-state index is 13.2. The first-order valence-corrected chi connectivity index (χ1v) is 8.56. The Bertz CT molecular complexity index is 800. The van der Waals surface area contributed by atoms with Crippen LogP contribution in [0.15, 0.2) is 24.3 Å². The fourth-order valence-corrected chi connectivity index (χ4v) is 3.59. The minimum atomic E-state index is -0.253. The normalized spacial score (nSPS) is 15.9. The fourth-order valence-electron chi connectivity index (χ4n) is 3.59. The number of carbonyl (C=O) groups is 1. The standard InChI is InChI=1S/C21H24O5/c1-12-19(24-4)13(2)21-17(20(12)25-5)18(22)15(11-26-21)10-14-6-8-16(23-3)9-7-14/h6-9,15H,10-11H2,1-5H3/t15-/m0/s1. The molecule has 0 radical (unpaired) electrons. The van der Waals surface area contributed by atoms with Crippen LogP contribution < -0.4 is 18.9 Å². The summed E-state index contributed by atoms with van der Waals surface area (Å²) in [6.45, 7) is 4.14. The summed E-state index contributed by atoms with van der Waals surface area (Å²) in [7, 11) is 4.81. The second kappa shape index (κ2) is 7.28. The highest BCUT2D eigenvalue weighted by atomic mass is 16.5. The summed E-state index contributed by atoms with van der Waals surface area (Å²) in [6.07, 6.45) is 0.607. The van der Waals surface area contributed by atoms with E-state index in [-0.39, 0.29) is 11.7 Å². The van der Waals surface area contributed by atoms with Crippen molar-refractivity contribution in [1.29, 1.82) is 0 Å². The van der Waals surface area contributed by atoms with Crippen molar-refractivity contribution in [3.05, 3.63) is 46.5 Å². The highest BCUT2D eigenvalue weighted by molar-refractivity contribution is 6.05. The Labute approximate surface area is 153 Å². The molecular formula is C21H24O5. The van der Waals surface area contributed by atoms with Gasteiger partial charge in [0.15, 0.2) is 5.78 Å². The van der Waals surface area contributed by atoms with E-state index in [0.29, 0.717) is 35.8 Å². The third-order valence-electron chi connectivity index (χ3n) is 4.91. The van der Waals surface area contributed by atoms with Gasteiger partial charge in [0, 0.05) is 11.1 Å². The number of rotatable bonds is 5. The molecule has 0 aliphatic carbocycles. The van der Waals surface area contributed by atoms with Crippen LogP contribution >= 0.6 is 0 Å². The first kappa shape index (κ1) is 18.1. The van der Waals surface area contributed by atoms with Crippen molar-refractivity contribution >= 4 is 5.78 Å². The summed E-state index contributed by atoms with van der Waals surface area (Å²) in [6, 6.07) is 7.75. The largest absolute Gasteiger partial charge is 0.497 e. The predicted octanol–water partition coefficient (Wildman–Crippen LogP) is 3.76. The highest BCUT2D eigenvalue weighted by Gasteiger charge is 2.35. The summed E-state index contributed by atoms with van der Waals surface area (Å²) in [5, 5.41) is 0. The second-order valence-electron chi connectivity index (χ2n) is 6.44. The summed E-state index contributed by atoms with van der Waals surface area (Å²) in [4.78, 5) is 13.2. The van der Waals surface area contributed by atoms with Crippen molar-refractivity contribution in [2.24, 2.45) is 5.92 Å². The Balaban J connectivity index is 1.96. The molecule has 3 rings (SSSR count). The summed E-state index contributed by atoms with van der Waals surface area (Å²) >= 11 is 0. The first-order valence-electron chi connectivity index (χ1n) is 8.56. The zero-order valence-electron chi connectivity index (χ0n) is 15.8. The molecule has 0 fully saturated rings. The van der Waals surface area contributed by atoms with Crippen LogP contribution in [0.2, 0.25) is 0 Å². The van der Waals surface area contributed by atoms with E-state index in [1.165, 1.54) is 0 Å². The van der Waals surface area contributed by atoms with Crippen molar-refractivity contribution in [3.63, 3.8) is 0 Å². The fraction of sp³-hybridized carbons (Fsp3) is 0.381. The SMILES string of the molecule is COc1ccc(C[C@H]2COc3c(C)c(OC)c(C)c(OC)c3C2=O)cc1. The van der Waals surface area contributed by atoms with Crippen LogP contribution in [0, 0.1) is 19.8 Å². The van der Waals surface area contributed by atoms with E-state index in [0.717, 1.165) is 22.4 Å². The third kappa shape index (κ3) is 2.98. The number of Topliss-reactive ketones (excluding diaryl/α,β-unsaturated/α-hetero) is 1. The Morgan fingerprint density at radius 1 is 0.962 bits per heavy atom. The van der Waals surface area contributed by atoms with Gasteiger partial charge in [-0.2, -0.15) is 0 Å². The van der Waals surface area contributed by atoms with Crippen LogP contribution in [0.4, 0.5) is 0 Å². The van der Waals surface area contributed by atoms with Crippen LogP contribution in [0.5, 0.6) is 23.0 Å². The monoisotopic (exact) mass is 356 g/mol. The summed E-state index contributed by atoms with van der Waals surface area (Å²) < 4.78 is 22.2. The topological polar surface area (TPSA) is 54.0 Å². The number of ether oxygens (including phenoxy) is 4. The van der Waals surface area contributed by atoms with Gasteiger partial charge in [-0.3, -0.25) is 4.79 Å². The molecule has 2 aromatic rings. The van der Waals surface area contributed by atoms with Crippen molar-refractivity contribution in [3.8, 4) is 23.0 Å². The Morgan fingerprint density at radius 3 is 2.19 bits per heavy atom. The van der Waals surface area contributed by atoms with Crippen molar-refractivity contribution in [2.75, 3.05) is 27.9 Å². The Kier molecular flexibility index (Phi) is 5.07. The molecule has 0 spiro atoms. The van der Waals surface area contributed by atoms with Crippen LogP contribution in [0.3, 0.4) is 0 Å². The van der Waals surface area contributed by atoms with Gasteiger partial charge >= 0.3 is 0 Å². The molecule has 1 heterocycles. The lowest BCUT2D eigenvalue weighted by molar-refractivity contribution is 0.0823. The van der Waals surface area contributed by atoms with Crippen LogP contribution in [0.1, 0.15) is 27.0 Å². The van der Waals surface area contributed by atoms with E-state index >= 15 is 0 Å². The van der Waals surface area contributed by atoms with E-state index in [9.17, 15) is 4.79 Å². The van der Waals surface area contributed by atoms with E-state index in [1.54, 1.807) is 21.3 Å². The second-order valence-corrected chi connectivity index (χ2v) is 6.44. The molecular weight excluding hydrogens is 332 g/mol. The quantitative estimate of drug-likeness (QED) is 0.816. The summed E-state index contributed by atoms with van der Waals surface area (Å²) in [5.74, 6) is 2.39. The zero-order valence-corrected chi connectivity index (χ0v) is 15.8. The molecule has 0 aromatic heterocycles. The lowest BCUT2D eigenvalue weighted by Gasteiger charge is -2.29. The average molecular weight is 356 g/mol. The molecule has 26 heavy (non-hydrogen) atoms. The number of fused-ring (bicyclic) bond motifs is 1. The molecule has 0 saturated heterocycles. The molecule has 5 heteroatoms. The molecule has 0 unspecified atom stereocenters. The molecule has 1 atom stereocenters. The highest BCUT2D eigenvalue weighted by Crippen LogP contribution is 2.45. The predicted molar refractivity (Wildman–Crippen MR) is 99.0 cm³/mol. The number of benzene rings is 2. The molecule has 0 bridgehead atoms. The molecule has 0 saturated carbocycles. The summed E-state index contributed by atoms with van der Waals surface area (Å²) in [5.41, 5.74) is 3.23. The van der Waals surface area contributed by atoms with Gasteiger partial charge in [-0.05, 0) is 38.0 Å². The van der Waals surface area contributed by atoms with Gasteiger partial charge in [0.25, 0.3) is 0 Å². The van der Waals surface area contributed by atoms with E-state index in [1.807, 2.05) is 38.1 Å². The van der Waals surface area contributed by atoms with Gasteiger partial charge < -0.3 is 18.9 Å². The van der Waals surface area contributed by atoms with Gasteiger partial charge in [0.05, 0.1) is 33.9 Å². The number of ketones is 1. The van der Waals surface area contributed by atoms with Gasteiger partial charge in [-0.25, -0.2) is 0 Å². The van der Waals surface area contributed by atoms with Gasteiger partial charge in [-0.15, -0.1) is 0 Å². The zero-order chi connectivity index (χ0) is 18.8. The molecule has 0 N–H and O–H groups in total. The van der Waals surface area contributed by atoms with Crippen LogP contribution in [-0.2, 0) is 6.42 Å². The van der Waals surface area contributed by atoms with E-state index < -0.39 is 0 Å². The third-order valence-corrected chi connectivity index (χ3v) is 4.91. The number of carbonyl (C=O) groups excluding carboxylic acids is 1. The maximum absolute atomic E-state index is 13.2. The molecule has 138 valence electrons. The smallest absolute Gasteiger partial charge is 0.177 e. The Morgan fingerprint density at radius 2 is 1.62 bits per heavy atom. The van der Waals surface area contributed by atoms with E-state index in [2.05, 4.69) is 0 Å². The first-order chi connectivity index (χ1) is 12.5. The average Bonchev–Trinajstić information content (AvgIpc) is 2.65. The van der Waals surface area contributed by atoms with E-state index in [4.69, 9.17) is 18.9 Å². The minimum Gasteiger partial charge on any atom is -0.497 e. The van der Waals surface area contributed by atoms with Crippen molar-refractivity contribution < 1.29 is 23.7 Å². The lowest BCUT2D eigenvalue weighted by Crippen LogP contribution is -2.30. The van der Waals surface area contributed by atoms with Crippen molar-refractivity contribution in [2.45, 2.75) is 20.3 Å². The number of methoxy groups -OCH3 is 3. The molecule has 1 aliphatic rings. The molecule has 1 aliphatic heterocycles. The number of hydrogen-bond acceptors (Lipinski definition) is 5. The molecule has 2 aromatic carbocycles. The van der Waals surface area contributed by atoms with Crippen LogP contribution in [-0.4, -0.2) is 33.7 Å². The van der Waals surface area contributed by atoms with Gasteiger partial charge in [-0.1, -0.05) is 12.1 Å². The maximum Gasteiger partial charge on any atom is 0.177 e. The minimum absolute atomic E-state index is 0.0489.